The fraction of sp³-hybridized carbons (Fsp3) is 0.0769. The second kappa shape index (κ2) is 4.63. The van der Waals surface area contributed by atoms with Crippen LogP contribution >= 0.6 is 11.3 Å². The molecule has 94 valence electrons. The molecule has 3 aromatic rings. The van der Waals surface area contributed by atoms with E-state index in [0.29, 0.717) is 11.4 Å². The Morgan fingerprint density at radius 2 is 2.05 bits per heavy atom. The molecule has 2 heterocycles. The zero-order valence-corrected chi connectivity index (χ0v) is 10.7. The fourth-order valence-corrected chi connectivity index (χ4v) is 2.61. The molecule has 0 fully saturated rings. The second-order valence-electron chi connectivity index (χ2n) is 4.07. The molecule has 3 N–H and O–H groups in total. The van der Waals surface area contributed by atoms with Gasteiger partial charge in [-0.3, -0.25) is 0 Å². The number of fused-ring (bicyclic) bond motifs is 1. The van der Waals surface area contributed by atoms with E-state index in [9.17, 15) is 4.79 Å². The van der Waals surface area contributed by atoms with Crippen molar-refractivity contribution in [1.29, 1.82) is 5.26 Å². The molecule has 1 aromatic carbocycles. The monoisotopic (exact) mass is 270 g/mol. The molecule has 0 unspecified atom stereocenters. The van der Waals surface area contributed by atoms with E-state index in [0.717, 1.165) is 21.6 Å². The van der Waals surface area contributed by atoms with Gasteiger partial charge in [0.2, 0.25) is 0 Å². The maximum Gasteiger partial charge on any atom is 0.323 e. The zero-order chi connectivity index (χ0) is 13.2. The summed E-state index contributed by atoms with van der Waals surface area (Å²) in [5.74, 6) is 0. The van der Waals surface area contributed by atoms with Gasteiger partial charge in [-0.05, 0) is 30.3 Å². The summed E-state index contributed by atoms with van der Waals surface area (Å²) in [4.78, 5) is 18.4. The molecule has 0 saturated carbocycles. The summed E-state index contributed by atoms with van der Waals surface area (Å²) in [7, 11) is 0. The lowest BCUT2D eigenvalue weighted by Gasteiger charge is -2.04. The Kier molecular flexibility index (Phi) is 2.82. The van der Waals surface area contributed by atoms with E-state index in [1.54, 1.807) is 0 Å². The number of aromatic amines is 2. The number of rotatable bonds is 3. The SMILES string of the molecule is N#Cc1ccc(CNc2ccc3[nH]c(=O)[nH]c3c2)s1. The van der Waals surface area contributed by atoms with Crippen molar-refractivity contribution in [3.05, 3.63) is 50.6 Å². The summed E-state index contributed by atoms with van der Waals surface area (Å²) < 4.78 is 0. The Labute approximate surface area is 112 Å². The number of H-pyrrole nitrogens is 2. The molecule has 0 spiro atoms. The summed E-state index contributed by atoms with van der Waals surface area (Å²) >= 11 is 1.47. The Hall–Kier alpha value is -2.52. The first-order chi connectivity index (χ1) is 9.24. The summed E-state index contributed by atoms with van der Waals surface area (Å²) in [5.41, 5.74) is 2.29. The number of hydrogen-bond acceptors (Lipinski definition) is 4. The van der Waals surface area contributed by atoms with Crippen LogP contribution in [0.4, 0.5) is 5.69 Å². The molecule has 0 saturated heterocycles. The Morgan fingerprint density at radius 1 is 1.21 bits per heavy atom. The van der Waals surface area contributed by atoms with E-state index in [-0.39, 0.29) is 5.69 Å². The van der Waals surface area contributed by atoms with Crippen LogP contribution < -0.4 is 11.0 Å². The molecule has 0 aliphatic rings. The first-order valence-corrected chi connectivity index (χ1v) is 6.51. The second-order valence-corrected chi connectivity index (χ2v) is 5.24. The third kappa shape index (κ3) is 2.37. The minimum absolute atomic E-state index is 0.205. The maximum atomic E-state index is 11.2. The lowest BCUT2D eigenvalue weighted by atomic mass is 10.2. The van der Waals surface area contributed by atoms with E-state index >= 15 is 0 Å². The highest BCUT2D eigenvalue weighted by Crippen LogP contribution is 2.19. The molecule has 0 radical (unpaired) electrons. The number of nitrogens with one attached hydrogen (secondary N) is 3. The molecular weight excluding hydrogens is 260 g/mol. The highest BCUT2D eigenvalue weighted by Gasteiger charge is 2.02. The number of nitrogens with zero attached hydrogens (tertiary/aromatic N) is 1. The zero-order valence-electron chi connectivity index (χ0n) is 9.86. The van der Waals surface area contributed by atoms with Crippen LogP contribution in [0.5, 0.6) is 0 Å². The highest BCUT2D eigenvalue weighted by molar-refractivity contribution is 7.12. The number of thiophene rings is 1. The predicted molar refractivity (Wildman–Crippen MR) is 75.3 cm³/mol. The van der Waals surface area contributed by atoms with Crippen LogP contribution in [-0.4, -0.2) is 9.97 Å². The van der Waals surface area contributed by atoms with Crippen LogP contribution in [0.1, 0.15) is 9.75 Å². The van der Waals surface area contributed by atoms with Crippen molar-refractivity contribution < 1.29 is 0 Å². The fourth-order valence-electron chi connectivity index (χ4n) is 1.86. The Balaban J connectivity index is 1.77. The van der Waals surface area contributed by atoms with Gasteiger partial charge in [0.1, 0.15) is 10.9 Å². The quantitative estimate of drug-likeness (QED) is 0.683. The summed E-state index contributed by atoms with van der Waals surface area (Å²) in [6.07, 6.45) is 0. The minimum atomic E-state index is -0.205. The number of imidazole rings is 1. The molecule has 0 aliphatic carbocycles. The number of benzene rings is 1. The standard InChI is InChI=1S/C13H10N4OS/c14-6-9-2-3-10(19-9)7-15-8-1-4-11-12(5-8)17-13(18)16-11/h1-5,15H,7H2,(H2,16,17,18). The van der Waals surface area contributed by atoms with Crippen LogP contribution in [-0.2, 0) is 6.54 Å². The van der Waals surface area contributed by atoms with E-state index < -0.39 is 0 Å². The lowest BCUT2D eigenvalue weighted by molar-refractivity contribution is 1.19. The number of aromatic nitrogens is 2. The maximum absolute atomic E-state index is 11.2. The van der Waals surface area contributed by atoms with Gasteiger partial charge in [-0.1, -0.05) is 0 Å². The smallest absolute Gasteiger partial charge is 0.323 e. The van der Waals surface area contributed by atoms with Gasteiger partial charge in [0.25, 0.3) is 0 Å². The van der Waals surface area contributed by atoms with Crippen molar-refractivity contribution in [3.8, 4) is 6.07 Å². The van der Waals surface area contributed by atoms with E-state index in [4.69, 9.17) is 5.26 Å². The Morgan fingerprint density at radius 3 is 2.84 bits per heavy atom. The molecule has 3 rings (SSSR count). The normalized spacial score (nSPS) is 10.5. The molecule has 0 atom stereocenters. The molecule has 5 nitrogen and oxygen atoms in total. The van der Waals surface area contributed by atoms with Gasteiger partial charge in [0.15, 0.2) is 0 Å². The first-order valence-electron chi connectivity index (χ1n) is 5.69. The number of nitriles is 1. The van der Waals surface area contributed by atoms with E-state index in [2.05, 4.69) is 21.4 Å². The minimum Gasteiger partial charge on any atom is -0.380 e. The molecular formula is C13H10N4OS. The van der Waals surface area contributed by atoms with Crippen LogP contribution in [0.2, 0.25) is 0 Å². The largest absolute Gasteiger partial charge is 0.380 e. The Bertz CT molecular complexity index is 821. The van der Waals surface area contributed by atoms with Crippen molar-refractivity contribution in [1.82, 2.24) is 9.97 Å². The average Bonchev–Trinajstić information content (AvgIpc) is 3.00. The number of hydrogen-bond donors (Lipinski definition) is 3. The van der Waals surface area contributed by atoms with Crippen molar-refractivity contribution in [2.24, 2.45) is 0 Å². The van der Waals surface area contributed by atoms with Gasteiger partial charge < -0.3 is 15.3 Å². The van der Waals surface area contributed by atoms with Crippen molar-refractivity contribution in [2.45, 2.75) is 6.54 Å². The van der Waals surface area contributed by atoms with Gasteiger partial charge >= 0.3 is 5.69 Å². The van der Waals surface area contributed by atoms with Crippen molar-refractivity contribution >= 4 is 28.1 Å². The van der Waals surface area contributed by atoms with Crippen molar-refractivity contribution in [3.63, 3.8) is 0 Å². The average molecular weight is 270 g/mol. The van der Waals surface area contributed by atoms with Crippen LogP contribution in [0, 0.1) is 11.3 Å². The topological polar surface area (TPSA) is 84.5 Å². The van der Waals surface area contributed by atoms with Gasteiger partial charge in [-0.25, -0.2) is 4.79 Å². The van der Waals surface area contributed by atoms with Gasteiger partial charge in [0, 0.05) is 17.1 Å². The lowest BCUT2D eigenvalue weighted by Crippen LogP contribution is -1.99. The molecule has 6 heteroatoms. The molecule has 0 aliphatic heterocycles. The third-order valence-electron chi connectivity index (χ3n) is 2.75. The van der Waals surface area contributed by atoms with Gasteiger partial charge in [0.05, 0.1) is 11.0 Å². The summed E-state index contributed by atoms with van der Waals surface area (Å²) in [6.45, 7) is 0.659. The first kappa shape index (κ1) is 11.6. The number of anilines is 1. The molecule has 19 heavy (non-hydrogen) atoms. The summed E-state index contributed by atoms with van der Waals surface area (Å²) in [5, 5.41) is 12.0. The van der Waals surface area contributed by atoms with Gasteiger partial charge in [-0.2, -0.15) is 5.26 Å². The summed E-state index contributed by atoms with van der Waals surface area (Å²) in [6, 6.07) is 11.5. The van der Waals surface area contributed by atoms with Gasteiger partial charge in [-0.15, -0.1) is 11.3 Å². The van der Waals surface area contributed by atoms with Crippen LogP contribution in [0.25, 0.3) is 11.0 Å². The molecule has 0 bridgehead atoms. The molecule has 2 aromatic heterocycles. The van der Waals surface area contributed by atoms with E-state index in [1.807, 2.05) is 30.3 Å². The van der Waals surface area contributed by atoms with Crippen LogP contribution in [0.3, 0.4) is 0 Å². The predicted octanol–water partition coefficient (Wildman–Crippen LogP) is 2.40. The van der Waals surface area contributed by atoms with E-state index in [1.165, 1.54) is 11.3 Å². The highest BCUT2D eigenvalue weighted by atomic mass is 32.1. The van der Waals surface area contributed by atoms with Crippen LogP contribution in [0.15, 0.2) is 35.1 Å². The third-order valence-corrected chi connectivity index (χ3v) is 3.74. The van der Waals surface area contributed by atoms with Crippen molar-refractivity contribution in [2.75, 3.05) is 5.32 Å². The molecule has 0 amide bonds.